The van der Waals surface area contributed by atoms with E-state index in [9.17, 15) is 18.4 Å². The number of hydroxylamine groups is 2. The number of nitrogen functional groups attached to an aromatic ring is 1. The van der Waals surface area contributed by atoms with Crippen molar-refractivity contribution in [3.63, 3.8) is 0 Å². The Kier molecular flexibility index (Phi) is 4.56. The zero-order valence-corrected chi connectivity index (χ0v) is 16.5. The van der Waals surface area contributed by atoms with Gasteiger partial charge in [0.1, 0.15) is 22.9 Å². The Labute approximate surface area is 168 Å². The fraction of sp³-hybridized carbons (Fsp3) is 0.385. The maximum atomic E-state index is 12.8. The van der Waals surface area contributed by atoms with Crippen molar-refractivity contribution >= 4 is 39.4 Å². The Morgan fingerprint density at radius 3 is 2.93 bits per heavy atom. The average molecular weight is 444 g/mol. The number of nitrogens with two attached hydrogens (primary N) is 1. The lowest BCUT2D eigenvalue weighted by atomic mass is 9.97. The maximum absolute atomic E-state index is 12.8. The first-order valence-electron chi connectivity index (χ1n) is 8.14. The van der Waals surface area contributed by atoms with Crippen LogP contribution in [0.1, 0.15) is 28.3 Å². The molecule has 4 rings (SSSR count). The zero-order valence-electron chi connectivity index (χ0n) is 14.8. The van der Waals surface area contributed by atoms with Crippen molar-refractivity contribution in [1.29, 1.82) is 0 Å². The SMILES string of the molecule is Cn1ncc2c1[C@@H](/C(=N/O)NCc1nc(N)cs1)N1C[C@@H]2N(OS(=O)(=O)O)C1=O. The first kappa shape index (κ1) is 19.4. The molecule has 1 saturated heterocycles. The van der Waals surface area contributed by atoms with E-state index in [-0.39, 0.29) is 18.9 Å². The summed E-state index contributed by atoms with van der Waals surface area (Å²) >= 11 is 1.31. The van der Waals surface area contributed by atoms with Gasteiger partial charge in [-0.15, -0.1) is 15.6 Å². The number of thiazole rings is 1. The Balaban J connectivity index is 1.68. The van der Waals surface area contributed by atoms with Gasteiger partial charge in [-0.05, 0) is 0 Å². The molecule has 0 radical (unpaired) electrons. The van der Waals surface area contributed by atoms with Crippen molar-refractivity contribution in [2.75, 3.05) is 12.3 Å². The van der Waals surface area contributed by atoms with Gasteiger partial charge in [0, 0.05) is 18.0 Å². The fourth-order valence-corrected chi connectivity index (χ4v) is 4.46. The molecule has 2 aromatic rings. The normalized spacial score (nSPS) is 21.6. The van der Waals surface area contributed by atoms with E-state index in [0.717, 1.165) is 0 Å². The van der Waals surface area contributed by atoms with Crippen LogP contribution in [0.25, 0.3) is 0 Å². The number of amides is 2. The van der Waals surface area contributed by atoms with Crippen LogP contribution >= 0.6 is 11.3 Å². The number of oxime groups is 1. The molecule has 14 nitrogen and oxygen atoms in total. The lowest BCUT2D eigenvalue weighted by Crippen LogP contribution is -2.44. The number of urea groups is 1. The predicted molar refractivity (Wildman–Crippen MR) is 97.9 cm³/mol. The van der Waals surface area contributed by atoms with Gasteiger partial charge in [-0.25, -0.2) is 9.78 Å². The summed E-state index contributed by atoms with van der Waals surface area (Å²) in [6.07, 6.45) is 1.46. The quantitative estimate of drug-likeness (QED) is 0.155. The van der Waals surface area contributed by atoms with Gasteiger partial charge in [0.2, 0.25) is 0 Å². The van der Waals surface area contributed by atoms with Gasteiger partial charge < -0.3 is 21.2 Å². The standard InChI is InChI=1S/C13H16N8O6S2/c1-19-10-6(2-16-19)7-4-20(13(22)21(7)27-29(24,25)26)11(10)12(18-23)15-3-9-17-8(14)5-28-9/h2,5,7,11,23H,3-4,14H2,1H3,(H,15,18)(H,24,25,26)/t7-,11-/m0/s1. The van der Waals surface area contributed by atoms with E-state index in [1.54, 1.807) is 12.4 Å². The van der Waals surface area contributed by atoms with Crippen molar-refractivity contribution in [1.82, 2.24) is 30.0 Å². The molecule has 2 bridgehead atoms. The molecule has 0 saturated carbocycles. The molecule has 2 amide bonds. The largest absolute Gasteiger partial charge is 0.418 e. The number of aryl methyl sites for hydroxylation is 1. The number of rotatable bonds is 5. The number of hydrogen-bond acceptors (Lipinski definition) is 10. The van der Waals surface area contributed by atoms with E-state index in [4.69, 9.17) is 10.3 Å². The highest BCUT2D eigenvalue weighted by Gasteiger charge is 2.53. The van der Waals surface area contributed by atoms with Gasteiger partial charge >= 0.3 is 16.4 Å². The van der Waals surface area contributed by atoms with E-state index < -0.39 is 28.5 Å². The van der Waals surface area contributed by atoms with Crippen LogP contribution in [-0.2, 0) is 28.3 Å². The van der Waals surface area contributed by atoms with Crippen LogP contribution in [0.15, 0.2) is 16.7 Å². The molecule has 156 valence electrons. The minimum absolute atomic E-state index is 0.0177. The van der Waals surface area contributed by atoms with E-state index in [2.05, 4.69) is 24.8 Å². The van der Waals surface area contributed by atoms with Crippen LogP contribution in [0.5, 0.6) is 0 Å². The fourth-order valence-electron chi connectivity index (χ4n) is 3.46. The molecule has 0 unspecified atom stereocenters. The minimum Gasteiger partial charge on any atom is -0.409 e. The zero-order chi connectivity index (χ0) is 20.9. The summed E-state index contributed by atoms with van der Waals surface area (Å²) in [5.41, 5.74) is 6.59. The van der Waals surface area contributed by atoms with Gasteiger partial charge in [-0.3, -0.25) is 9.23 Å². The smallest absolute Gasteiger partial charge is 0.409 e. The lowest BCUT2D eigenvalue weighted by molar-refractivity contribution is -0.0316. The Morgan fingerprint density at radius 2 is 2.31 bits per heavy atom. The van der Waals surface area contributed by atoms with Crippen LogP contribution in [0.2, 0.25) is 0 Å². The Hall–Kier alpha value is -2.95. The second kappa shape index (κ2) is 6.83. The summed E-state index contributed by atoms with van der Waals surface area (Å²) in [6, 6.07) is -2.54. The summed E-state index contributed by atoms with van der Waals surface area (Å²) in [5.74, 6) is 0.376. The summed E-state index contributed by atoms with van der Waals surface area (Å²) in [7, 11) is -3.29. The maximum Gasteiger partial charge on any atom is 0.418 e. The minimum atomic E-state index is -4.92. The third kappa shape index (κ3) is 3.35. The molecule has 1 fully saturated rings. The molecule has 2 atom stereocenters. The molecule has 16 heteroatoms. The van der Waals surface area contributed by atoms with Crippen LogP contribution < -0.4 is 11.1 Å². The summed E-state index contributed by atoms with van der Waals surface area (Å²) in [4.78, 5) is 18.1. The van der Waals surface area contributed by atoms with E-state index in [1.165, 1.54) is 27.1 Å². The highest BCUT2D eigenvalue weighted by molar-refractivity contribution is 7.80. The van der Waals surface area contributed by atoms with Crippen molar-refractivity contribution in [2.45, 2.75) is 18.6 Å². The number of carbonyl (C=O) groups excluding carboxylic acids is 1. The third-order valence-electron chi connectivity index (χ3n) is 4.56. The molecule has 2 aliphatic heterocycles. The summed E-state index contributed by atoms with van der Waals surface area (Å²) in [6.45, 7) is 0.213. The number of fused-ring (bicyclic) bond motifs is 4. The third-order valence-corrected chi connectivity index (χ3v) is 5.78. The number of nitrogens with one attached hydrogen (secondary N) is 1. The molecule has 2 aromatic heterocycles. The van der Waals surface area contributed by atoms with Gasteiger partial charge in [0.25, 0.3) is 0 Å². The van der Waals surface area contributed by atoms with Gasteiger partial charge in [-0.2, -0.15) is 18.6 Å². The molecular formula is C13H16N8O6S2. The van der Waals surface area contributed by atoms with Crippen molar-refractivity contribution in [3.05, 3.63) is 27.8 Å². The average Bonchev–Trinajstić information content (AvgIpc) is 3.31. The highest BCUT2D eigenvalue weighted by atomic mass is 32.3. The summed E-state index contributed by atoms with van der Waals surface area (Å²) < 4.78 is 37.3. The Morgan fingerprint density at radius 1 is 1.55 bits per heavy atom. The van der Waals surface area contributed by atoms with Crippen molar-refractivity contribution in [2.24, 2.45) is 12.2 Å². The van der Waals surface area contributed by atoms with Crippen LogP contribution in [-0.4, -0.2) is 61.3 Å². The van der Waals surface area contributed by atoms with Crippen LogP contribution in [0.3, 0.4) is 0 Å². The molecule has 4 heterocycles. The number of anilines is 1. The van der Waals surface area contributed by atoms with Crippen LogP contribution in [0, 0.1) is 0 Å². The van der Waals surface area contributed by atoms with E-state index in [1.807, 2.05) is 0 Å². The Bertz CT molecular complexity index is 1090. The molecule has 0 aliphatic carbocycles. The number of hydrogen-bond donors (Lipinski definition) is 4. The molecule has 29 heavy (non-hydrogen) atoms. The summed E-state index contributed by atoms with van der Waals surface area (Å²) in [5, 5.41) is 22.8. The molecule has 2 aliphatic rings. The lowest BCUT2D eigenvalue weighted by Gasteiger charge is -2.31. The predicted octanol–water partition coefficient (Wildman–Crippen LogP) is -0.396. The van der Waals surface area contributed by atoms with E-state index in [0.29, 0.717) is 27.1 Å². The molecule has 0 aromatic carbocycles. The topological polar surface area (TPSA) is 188 Å². The highest BCUT2D eigenvalue weighted by Crippen LogP contribution is 2.44. The second-order valence-corrected chi connectivity index (χ2v) is 8.24. The van der Waals surface area contributed by atoms with Gasteiger partial charge in [-0.1, -0.05) is 5.16 Å². The molecule has 0 spiro atoms. The van der Waals surface area contributed by atoms with Gasteiger partial charge in [0.15, 0.2) is 5.84 Å². The first-order chi connectivity index (χ1) is 13.7. The number of nitrogens with zero attached hydrogens (tertiary/aromatic N) is 6. The number of aromatic nitrogens is 3. The first-order valence-corrected chi connectivity index (χ1v) is 10.4. The molecular weight excluding hydrogens is 428 g/mol. The van der Waals surface area contributed by atoms with Gasteiger partial charge in [0.05, 0.1) is 25.0 Å². The molecule has 5 N–H and O–H groups in total. The van der Waals surface area contributed by atoms with Crippen molar-refractivity contribution in [3.8, 4) is 0 Å². The van der Waals surface area contributed by atoms with Crippen molar-refractivity contribution < 1.29 is 27.3 Å². The monoisotopic (exact) mass is 444 g/mol. The number of carbonyl (C=O) groups is 1. The van der Waals surface area contributed by atoms with Crippen LogP contribution in [0.4, 0.5) is 10.6 Å². The van der Waals surface area contributed by atoms with E-state index >= 15 is 0 Å². The second-order valence-electron chi connectivity index (χ2n) is 6.29. The number of amidine groups is 1.